The first-order chi connectivity index (χ1) is 8.80. The van der Waals surface area contributed by atoms with Crippen molar-refractivity contribution in [1.82, 2.24) is 9.62 Å². The van der Waals surface area contributed by atoms with Gasteiger partial charge in [-0.3, -0.25) is 0 Å². The SMILES string of the molecule is CC(CCN(C)C)NS(=O)(=O)Cc1ccccc1N. The highest BCUT2D eigenvalue weighted by Gasteiger charge is 2.16. The molecule has 0 fully saturated rings. The lowest BCUT2D eigenvalue weighted by Crippen LogP contribution is -2.35. The predicted octanol–water partition coefficient (Wildman–Crippen LogP) is 1.03. The summed E-state index contributed by atoms with van der Waals surface area (Å²) in [6, 6.07) is 6.94. The van der Waals surface area contributed by atoms with Gasteiger partial charge in [0, 0.05) is 11.7 Å². The topological polar surface area (TPSA) is 75.4 Å². The molecular formula is C13H23N3O2S. The van der Waals surface area contributed by atoms with E-state index in [4.69, 9.17) is 5.73 Å². The normalized spacial score (nSPS) is 13.7. The van der Waals surface area contributed by atoms with Gasteiger partial charge in [-0.2, -0.15) is 0 Å². The van der Waals surface area contributed by atoms with Crippen LogP contribution in [0.2, 0.25) is 0 Å². The second kappa shape index (κ2) is 6.88. The molecule has 0 aliphatic carbocycles. The molecule has 1 aromatic rings. The van der Waals surface area contributed by atoms with Crippen molar-refractivity contribution < 1.29 is 8.42 Å². The van der Waals surface area contributed by atoms with E-state index in [0.717, 1.165) is 13.0 Å². The fourth-order valence-corrected chi connectivity index (χ4v) is 3.22. The van der Waals surface area contributed by atoms with E-state index in [1.54, 1.807) is 24.3 Å². The molecule has 0 aliphatic heterocycles. The number of anilines is 1. The van der Waals surface area contributed by atoms with E-state index >= 15 is 0 Å². The molecule has 0 spiro atoms. The van der Waals surface area contributed by atoms with Gasteiger partial charge in [0.15, 0.2) is 0 Å². The number of benzene rings is 1. The summed E-state index contributed by atoms with van der Waals surface area (Å²) < 4.78 is 26.7. The van der Waals surface area contributed by atoms with Crippen molar-refractivity contribution >= 4 is 15.7 Å². The summed E-state index contributed by atoms with van der Waals surface area (Å²) in [5.74, 6) is -0.0774. The van der Waals surface area contributed by atoms with E-state index in [-0.39, 0.29) is 11.8 Å². The lowest BCUT2D eigenvalue weighted by molar-refractivity contribution is 0.379. The maximum absolute atomic E-state index is 12.0. The lowest BCUT2D eigenvalue weighted by atomic mass is 10.2. The van der Waals surface area contributed by atoms with Crippen molar-refractivity contribution in [1.29, 1.82) is 0 Å². The minimum absolute atomic E-state index is 0.0774. The van der Waals surface area contributed by atoms with Gasteiger partial charge in [-0.25, -0.2) is 13.1 Å². The molecule has 1 unspecified atom stereocenters. The summed E-state index contributed by atoms with van der Waals surface area (Å²) in [5, 5.41) is 0. The van der Waals surface area contributed by atoms with E-state index in [1.165, 1.54) is 0 Å². The van der Waals surface area contributed by atoms with Gasteiger partial charge in [-0.1, -0.05) is 18.2 Å². The van der Waals surface area contributed by atoms with Gasteiger partial charge in [-0.05, 0) is 45.6 Å². The summed E-state index contributed by atoms with van der Waals surface area (Å²) in [6.45, 7) is 2.71. The van der Waals surface area contributed by atoms with Crippen LogP contribution in [-0.2, 0) is 15.8 Å². The van der Waals surface area contributed by atoms with Crippen molar-refractivity contribution in [2.45, 2.75) is 25.1 Å². The number of nitrogens with two attached hydrogens (primary N) is 1. The Morgan fingerprint density at radius 2 is 1.95 bits per heavy atom. The predicted molar refractivity (Wildman–Crippen MR) is 79.2 cm³/mol. The molecule has 1 atom stereocenters. The quantitative estimate of drug-likeness (QED) is 0.734. The van der Waals surface area contributed by atoms with Gasteiger partial charge in [0.25, 0.3) is 0 Å². The Balaban J connectivity index is 2.59. The molecule has 1 aromatic carbocycles. The molecule has 1 rings (SSSR count). The Morgan fingerprint density at radius 1 is 1.32 bits per heavy atom. The maximum atomic E-state index is 12.0. The van der Waals surface area contributed by atoms with Crippen LogP contribution in [0.25, 0.3) is 0 Å². The van der Waals surface area contributed by atoms with E-state index in [2.05, 4.69) is 4.72 Å². The number of nitrogens with zero attached hydrogens (tertiary/aromatic N) is 1. The van der Waals surface area contributed by atoms with Crippen LogP contribution in [-0.4, -0.2) is 40.0 Å². The van der Waals surface area contributed by atoms with E-state index < -0.39 is 10.0 Å². The summed E-state index contributed by atoms with van der Waals surface area (Å²) in [7, 11) is 0.576. The summed E-state index contributed by atoms with van der Waals surface area (Å²) in [5.41, 5.74) is 6.90. The minimum atomic E-state index is -3.35. The second-order valence-corrected chi connectivity index (χ2v) is 6.82. The van der Waals surface area contributed by atoms with Crippen molar-refractivity contribution in [3.63, 3.8) is 0 Å². The molecule has 0 heterocycles. The summed E-state index contributed by atoms with van der Waals surface area (Å²) in [4.78, 5) is 2.03. The van der Waals surface area contributed by atoms with Crippen molar-refractivity contribution in [3.8, 4) is 0 Å². The van der Waals surface area contributed by atoms with E-state index in [9.17, 15) is 8.42 Å². The van der Waals surface area contributed by atoms with Crippen LogP contribution in [0.3, 0.4) is 0 Å². The van der Waals surface area contributed by atoms with Gasteiger partial charge < -0.3 is 10.6 Å². The lowest BCUT2D eigenvalue weighted by Gasteiger charge is -2.17. The number of para-hydroxylation sites is 1. The molecule has 0 amide bonds. The van der Waals surface area contributed by atoms with Crippen LogP contribution in [0.1, 0.15) is 18.9 Å². The molecule has 5 nitrogen and oxygen atoms in total. The fraction of sp³-hybridized carbons (Fsp3) is 0.538. The third-order valence-electron chi connectivity index (χ3n) is 2.79. The molecule has 0 saturated heterocycles. The van der Waals surface area contributed by atoms with Crippen LogP contribution in [0.15, 0.2) is 24.3 Å². The first-order valence-electron chi connectivity index (χ1n) is 6.28. The highest BCUT2D eigenvalue weighted by atomic mass is 32.2. The molecule has 0 aliphatic rings. The Bertz CT molecular complexity index is 500. The number of hydrogen-bond acceptors (Lipinski definition) is 4. The Morgan fingerprint density at radius 3 is 2.53 bits per heavy atom. The smallest absolute Gasteiger partial charge is 0.216 e. The maximum Gasteiger partial charge on any atom is 0.216 e. The van der Waals surface area contributed by atoms with Crippen LogP contribution in [0.4, 0.5) is 5.69 Å². The zero-order valence-corrected chi connectivity index (χ0v) is 12.6. The third-order valence-corrected chi connectivity index (χ3v) is 4.24. The van der Waals surface area contributed by atoms with Crippen LogP contribution in [0, 0.1) is 0 Å². The molecule has 0 bridgehead atoms. The van der Waals surface area contributed by atoms with Crippen molar-refractivity contribution in [3.05, 3.63) is 29.8 Å². The van der Waals surface area contributed by atoms with Gasteiger partial charge in [0.05, 0.1) is 5.75 Å². The Hall–Kier alpha value is -1.11. The molecule has 0 saturated carbocycles. The number of hydrogen-bond donors (Lipinski definition) is 2. The molecule has 0 radical (unpaired) electrons. The first-order valence-corrected chi connectivity index (χ1v) is 7.93. The van der Waals surface area contributed by atoms with Crippen molar-refractivity contribution in [2.24, 2.45) is 0 Å². The molecule has 3 N–H and O–H groups in total. The van der Waals surface area contributed by atoms with Gasteiger partial charge >= 0.3 is 0 Å². The monoisotopic (exact) mass is 285 g/mol. The third kappa shape index (κ3) is 6.04. The molecule has 19 heavy (non-hydrogen) atoms. The average Bonchev–Trinajstić information content (AvgIpc) is 2.28. The zero-order chi connectivity index (χ0) is 14.5. The van der Waals surface area contributed by atoms with E-state index in [0.29, 0.717) is 11.3 Å². The minimum Gasteiger partial charge on any atom is -0.398 e. The highest BCUT2D eigenvalue weighted by molar-refractivity contribution is 7.88. The first kappa shape index (κ1) is 15.9. The average molecular weight is 285 g/mol. The fourth-order valence-electron chi connectivity index (χ4n) is 1.73. The Labute approximate surface area is 115 Å². The largest absolute Gasteiger partial charge is 0.398 e. The number of nitrogens with one attached hydrogen (secondary N) is 1. The summed E-state index contributed by atoms with van der Waals surface area (Å²) in [6.07, 6.45) is 0.774. The second-order valence-electron chi connectivity index (χ2n) is 5.07. The van der Waals surface area contributed by atoms with Gasteiger partial charge in [-0.15, -0.1) is 0 Å². The Kier molecular flexibility index (Phi) is 5.78. The summed E-state index contributed by atoms with van der Waals surface area (Å²) >= 11 is 0. The van der Waals surface area contributed by atoms with Gasteiger partial charge in [0.2, 0.25) is 10.0 Å². The van der Waals surface area contributed by atoms with Crippen molar-refractivity contribution in [2.75, 3.05) is 26.4 Å². The zero-order valence-electron chi connectivity index (χ0n) is 11.8. The van der Waals surface area contributed by atoms with Gasteiger partial charge in [0.1, 0.15) is 0 Å². The molecule has 6 heteroatoms. The molecule has 108 valence electrons. The number of nitrogen functional groups attached to an aromatic ring is 1. The highest BCUT2D eigenvalue weighted by Crippen LogP contribution is 2.14. The number of sulfonamides is 1. The molecular weight excluding hydrogens is 262 g/mol. The number of rotatable bonds is 7. The van der Waals surface area contributed by atoms with Crippen LogP contribution < -0.4 is 10.5 Å². The van der Waals surface area contributed by atoms with Crippen LogP contribution >= 0.6 is 0 Å². The van der Waals surface area contributed by atoms with Crippen LogP contribution in [0.5, 0.6) is 0 Å². The molecule has 0 aromatic heterocycles. The standard InChI is InChI=1S/C13H23N3O2S/c1-11(8-9-16(2)3)15-19(17,18)10-12-6-4-5-7-13(12)14/h4-7,11,15H,8-10,14H2,1-3H3. The van der Waals surface area contributed by atoms with E-state index in [1.807, 2.05) is 25.9 Å².